The number of hydrogen-bond donors (Lipinski definition) is 0. The Morgan fingerprint density at radius 2 is 1.57 bits per heavy atom. The molecule has 0 aromatic heterocycles. The van der Waals surface area contributed by atoms with E-state index in [4.69, 9.17) is 0 Å². The van der Waals surface area contributed by atoms with Crippen LogP contribution in [0.1, 0.15) is 25.0 Å². The average molecular weight is 409 g/mol. The van der Waals surface area contributed by atoms with Crippen molar-refractivity contribution in [1.82, 2.24) is 0 Å². The summed E-state index contributed by atoms with van der Waals surface area (Å²) in [7, 11) is -4.24. The standard InChI is InChI=1S/C19H18F3N3O2S/c1-18(2)17(24-28(26,27)19(20,21)22)25(3)15-12-8-7-11-14(15)16(23-18)13-9-5-4-6-10-13/h4-12H,1-3H3/b24-17+. The maximum atomic E-state index is 13.0. The predicted molar refractivity (Wildman–Crippen MR) is 103 cm³/mol. The summed E-state index contributed by atoms with van der Waals surface area (Å²) in [5.41, 5.74) is -4.35. The monoisotopic (exact) mass is 409 g/mol. The van der Waals surface area contributed by atoms with Gasteiger partial charge in [0.05, 0.1) is 11.4 Å². The maximum Gasteiger partial charge on any atom is 0.518 e. The van der Waals surface area contributed by atoms with E-state index in [0.717, 1.165) is 5.56 Å². The number of nitrogens with zero attached hydrogens (tertiary/aromatic N) is 3. The lowest BCUT2D eigenvalue weighted by molar-refractivity contribution is -0.0435. The molecule has 1 heterocycles. The van der Waals surface area contributed by atoms with Gasteiger partial charge in [0, 0.05) is 18.2 Å². The Hall–Kier alpha value is -2.68. The fourth-order valence-corrected chi connectivity index (χ4v) is 3.71. The van der Waals surface area contributed by atoms with E-state index in [9.17, 15) is 21.6 Å². The first-order valence-corrected chi connectivity index (χ1v) is 9.78. The molecular weight excluding hydrogens is 391 g/mol. The molecule has 0 saturated carbocycles. The third kappa shape index (κ3) is 3.54. The third-order valence-corrected chi connectivity index (χ3v) is 5.32. The Morgan fingerprint density at radius 1 is 1.00 bits per heavy atom. The Bertz CT molecular complexity index is 1060. The van der Waals surface area contributed by atoms with Crippen molar-refractivity contribution in [2.45, 2.75) is 24.9 Å². The molecule has 1 aliphatic rings. The van der Waals surface area contributed by atoms with Crippen LogP contribution >= 0.6 is 0 Å². The van der Waals surface area contributed by atoms with Crippen molar-refractivity contribution in [3.63, 3.8) is 0 Å². The van der Waals surface area contributed by atoms with Gasteiger partial charge in [0.2, 0.25) is 0 Å². The minimum absolute atomic E-state index is 0.316. The van der Waals surface area contributed by atoms with Crippen LogP contribution < -0.4 is 4.90 Å². The zero-order chi connectivity index (χ0) is 20.7. The second kappa shape index (κ2) is 6.73. The first kappa shape index (κ1) is 20.1. The molecule has 0 spiro atoms. The van der Waals surface area contributed by atoms with E-state index in [1.165, 1.54) is 25.8 Å². The second-order valence-electron chi connectivity index (χ2n) is 6.80. The molecule has 0 radical (unpaired) electrons. The lowest BCUT2D eigenvalue weighted by Gasteiger charge is -2.28. The Balaban J connectivity index is 2.32. The maximum absolute atomic E-state index is 13.0. The van der Waals surface area contributed by atoms with Gasteiger partial charge in [-0.25, -0.2) is 0 Å². The van der Waals surface area contributed by atoms with Crippen molar-refractivity contribution in [2.75, 3.05) is 11.9 Å². The minimum atomic E-state index is -5.73. The van der Waals surface area contributed by atoms with Crippen molar-refractivity contribution in [3.8, 4) is 0 Å². The Morgan fingerprint density at radius 3 is 2.18 bits per heavy atom. The fraction of sp³-hybridized carbons (Fsp3) is 0.263. The minimum Gasteiger partial charge on any atom is -0.330 e. The van der Waals surface area contributed by atoms with Crippen LogP contribution in [0.25, 0.3) is 0 Å². The second-order valence-corrected chi connectivity index (χ2v) is 8.39. The van der Waals surface area contributed by atoms with Gasteiger partial charge in [-0.05, 0) is 19.9 Å². The lowest BCUT2D eigenvalue weighted by atomic mass is 10.00. The first-order chi connectivity index (χ1) is 12.9. The number of fused-ring (bicyclic) bond motifs is 1. The molecule has 2 aromatic carbocycles. The molecule has 0 unspecified atom stereocenters. The van der Waals surface area contributed by atoms with Gasteiger partial charge in [0.15, 0.2) is 0 Å². The summed E-state index contributed by atoms with van der Waals surface area (Å²) in [6, 6.07) is 16.1. The van der Waals surface area contributed by atoms with Crippen LogP contribution in [0.2, 0.25) is 0 Å². The van der Waals surface area contributed by atoms with E-state index in [0.29, 0.717) is 17.0 Å². The van der Waals surface area contributed by atoms with E-state index in [1.54, 1.807) is 24.3 Å². The molecule has 0 fully saturated rings. The molecule has 1 aliphatic heterocycles. The SMILES string of the molecule is CN1/C(=N/S(=O)(=O)C(F)(F)F)C(C)(C)N=C(c2ccccc2)c2ccccc21. The Kier molecular flexibility index (Phi) is 4.82. The lowest BCUT2D eigenvalue weighted by Crippen LogP contribution is -2.43. The summed E-state index contributed by atoms with van der Waals surface area (Å²) in [6.45, 7) is 3.06. The van der Waals surface area contributed by atoms with E-state index in [2.05, 4.69) is 9.39 Å². The van der Waals surface area contributed by atoms with E-state index in [1.807, 2.05) is 30.3 Å². The smallest absolute Gasteiger partial charge is 0.330 e. The van der Waals surface area contributed by atoms with Gasteiger partial charge in [-0.15, -0.1) is 4.40 Å². The highest BCUT2D eigenvalue weighted by Gasteiger charge is 2.48. The van der Waals surface area contributed by atoms with Crippen LogP contribution in [-0.2, 0) is 10.0 Å². The molecule has 5 nitrogen and oxygen atoms in total. The summed E-state index contributed by atoms with van der Waals surface area (Å²) < 4.78 is 65.5. The largest absolute Gasteiger partial charge is 0.518 e. The number of sulfonamides is 1. The molecule has 0 N–H and O–H groups in total. The molecule has 0 bridgehead atoms. The summed E-state index contributed by atoms with van der Waals surface area (Å²) in [5.74, 6) is -0.316. The molecule has 2 aromatic rings. The highest BCUT2D eigenvalue weighted by molar-refractivity contribution is 7.91. The number of alkyl halides is 3. The van der Waals surface area contributed by atoms with Gasteiger partial charge >= 0.3 is 15.5 Å². The van der Waals surface area contributed by atoms with Crippen LogP contribution in [-0.4, -0.2) is 38.1 Å². The number of benzene rings is 2. The highest BCUT2D eigenvalue weighted by Crippen LogP contribution is 2.33. The fourth-order valence-electron chi connectivity index (χ4n) is 3.04. The predicted octanol–water partition coefficient (Wildman–Crippen LogP) is 4.00. The zero-order valence-corrected chi connectivity index (χ0v) is 16.2. The number of anilines is 1. The quantitative estimate of drug-likeness (QED) is 0.753. The topological polar surface area (TPSA) is 62.1 Å². The van der Waals surface area contributed by atoms with Crippen molar-refractivity contribution in [3.05, 3.63) is 65.7 Å². The van der Waals surface area contributed by atoms with Crippen molar-refractivity contribution < 1.29 is 21.6 Å². The first-order valence-electron chi connectivity index (χ1n) is 8.34. The molecule has 28 heavy (non-hydrogen) atoms. The van der Waals surface area contributed by atoms with Crippen LogP contribution in [0.5, 0.6) is 0 Å². The number of likely N-dealkylation sites (N-methyl/N-ethyl adjacent to an activating group) is 1. The van der Waals surface area contributed by atoms with Crippen LogP contribution in [0.15, 0.2) is 64.0 Å². The van der Waals surface area contributed by atoms with Gasteiger partial charge in [-0.2, -0.15) is 21.6 Å². The van der Waals surface area contributed by atoms with Crippen LogP contribution in [0.3, 0.4) is 0 Å². The zero-order valence-electron chi connectivity index (χ0n) is 15.4. The molecule has 0 atom stereocenters. The number of halogens is 3. The third-order valence-electron chi connectivity index (χ3n) is 4.32. The highest BCUT2D eigenvalue weighted by atomic mass is 32.2. The molecule has 0 amide bonds. The van der Waals surface area contributed by atoms with E-state index >= 15 is 0 Å². The molecular formula is C19H18F3N3O2S. The van der Waals surface area contributed by atoms with Gasteiger partial charge in [0.25, 0.3) is 0 Å². The van der Waals surface area contributed by atoms with Gasteiger partial charge < -0.3 is 4.90 Å². The molecule has 0 saturated heterocycles. The number of rotatable bonds is 2. The summed E-state index contributed by atoms with van der Waals surface area (Å²) in [5, 5.41) is 0. The number of para-hydroxylation sites is 1. The average Bonchev–Trinajstić information content (AvgIpc) is 2.70. The van der Waals surface area contributed by atoms with Crippen LogP contribution in [0.4, 0.5) is 18.9 Å². The molecule has 9 heteroatoms. The summed E-state index contributed by atoms with van der Waals surface area (Å²) in [4.78, 5) is 5.98. The van der Waals surface area contributed by atoms with Crippen molar-refractivity contribution in [1.29, 1.82) is 0 Å². The molecule has 148 valence electrons. The van der Waals surface area contributed by atoms with Crippen molar-refractivity contribution >= 4 is 27.3 Å². The van der Waals surface area contributed by atoms with Crippen molar-refractivity contribution in [2.24, 2.45) is 9.39 Å². The number of aliphatic imine (C=N–C) groups is 1. The van der Waals surface area contributed by atoms with Gasteiger partial charge in [0.1, 0.15) is 11.4 Å². The normalized spacial score (nSPS) is 18.4. The number of benzodiazepines with no additional fused rings is 1. The van der Waals surface area contributed by atoms with Gasteiger partial charge in [-0.3, -0.25) is 4.99 Å². The Labute approximate surface area is 161 Å². The van der Waals surface area contributed by atoms with E-state index in [-0.39, 0.29) is 5.84 Å². The van der Waals surface area contributed by atoms with Crippen LogP contribution in [0, 0.1) is 0 Å². The number of amidine groups is 1. The number of hydrogen-bond acceptors (Lipinski definition) is 3. The molecule has 3 rings (SSSR count). The van der Waals surface area contributed by atoms with Gasteiger partial charge in [-0.1, -0.05) is 48.5 Å². The summed E-state index contributed by atoms with van der Waals surface area (Å²) >= 11 is 0. The summed E-state index contributed by atoms with van der Waals surface area (Å²) in [6.07, 6.45) is 0. The van der Waals surface area contributed by atoms with E-state index < -0.39 is 21.1 Å². The molecule has 0 aliphatic carbocycles.